The van der Waals surface area contributed by atoms with E-state index in [0.717, 1.165) is 0 Å². The van der Waals surface area contributed by atoms with Gasteiger partial charge in [0.15, 0.2) is 0 Å². The maximum atomic E-state index is 11.4. The number of aromatic hydroxyl groups is 1. The molecule has 0 aromatic heterocycles. The Labute approximate surface area is 118 Å². The smallest absolute Gasteiger partial charge is 0.407 e. The first kappa shape index (κ1) is 16.3. The molecule has 0 spiro atoms. The second-order valence-electron chi connectivity index (χ2n) is 5.44. The molecule has 0 radical (unpaired) electrons. The molecule has 0 heterocycles. The van der Waals surface area contributed by atoms with Crippen molar-refractivity contribution in [2.45, 2.75) is 39.1 Å². The molecular formula is C14H21NO5. The lowest BCUT2D eigenvalue weighted by Gasteiger charge is -2.20. The number of phenols is 1. The molecule has 0 fully saturated rings. The van der Waals surface area contributed by atoms with Crippen molar-refractivity contribution in [2.75, 3.05) is 6.54 Å². The summed E-state index contributed by atoms with van der Waals surface area (Å²) in [5, 5.41) is 30.9. The van der Waals surface area contributed by atoms with Crippen LogP contribution in [0.2, 0.25) is 0 Å². The number of aliphatic hydroxyl groups excluding tert-OH is 2. The third-order valence-corrected chi connectivity index (χ3v) is 2.50. The number of carbonyl (C=O) groups excluding carboxylic acids is 1. The Morgan fingerprint density at radius 1 is 1.40 bits per heavy atom. The Hall–Kier alpha value is -1.79. The van der Waals surface area contributed by atoms with Gasteiger partial charge in [-0.1, -0.05) is 6.07 Å². The molecule has 0 aliphatic carbocycles. The van der Waals surface area contributed by atoms with Gasteiger partial charge in [0.1, 0.15) is 11.4 Å². The molecular weight excluding hydrogens is 262 g/mol. The van der Waals surface area contributed by atoms with Crippen LogP contribution >= 0.6 is 0 Å². The average molecular weight is 283 g/mol. The van der Waals surface area contributed by atoms with Crippen LogP contribution in [0.4, 0.5) is 4.79 Å². The molecule has 0 saturated heterocycles. The predicted molar refractivity (Wildman–Crippen MR) is 73.2 cm³/mol. The highest BCUT2D eigenvalue weighted by atomic mass is 16.6. The van der Waals surface area contributed by atoms with Gasteiger partial charge in [-0.2, -0.15) is 0 Å². The number of nitrogens with one attached hydrogen (secondary N) is 1. The molecule has 1 rings (SSSR count). The highest BCUT2D eigenvalue weighted by Crippen LogP contribution is 2.22. The van der Waals surface area contributed by atoms with E-state index in [0.29, 0.717) is 11.1 Å². The minimum atomic E-state index is -0.951. The Morgan fingerprint density at radius 3 is 2.60 bits per heavy atom. The molecule has 1 aromatic rings. The van der Waals surface area contributed by atoms with Gasteiger partial charge in [0.25, 0.3) is 0 Å². The van der Waals surface area contributed by atoms with Crippen molar-refractivity contribution in [1.29, 1.82) is 0 Å². The summed E-state index contributed by atoms with van der Waals surface area (Å²) in [4.78, 5) is 11.4. The van der Waals surface area contributed by atoms with E-state index < -0.39 is 17.8 Å². The number of amides is 1. The molecule has 0 aliphatic rings. The first-order valence-corrected chi connectivity index (χ1v) is 6.30. The van der Waals surface area contributed by atoms with Gasteiger partial charge in [0.05, 0.1) is 19.3 Å². The summed E-state index contributed by atoms with van der Waals surface area (Å²) >= 11 is 0. The molecule has 4 N–H and O–H groups in total. The number of ether oxygens (including phenoxy) is 1. The normalized spacial score (nSPS) is 12.8. The zero-order valence-electron chi connectivity index (χ0n) is 11.9. The van der Waals surface area contributed by atoms with E-state index in [2.05, 4.69) is 5.32 Å². The van der Waals surface area contributed by atoms with Gasteiger partial charge in [0.2, 0.25) is 0 Å². The number of alkyl carbamates (subject to hydrolysis) is 1. The van der Waals surface area contributed by atoms with Crippen molar-refractivity contribution in [1.82, 2.24) is 5.32 Å². The molecule has 112 valence electrons. The number of carbonyl (C=O) groups is 1. The Morgan fingerprint density at radius 2 is 2.05 bits per heavy atom. The van der Waals surface area contributed by atoms with Gasteiger partial charge < -0.3 is 25.4 Å². The lowest BCUT2D eigenvalue weighted by atomic mass is 10.1. The van der Waals surface area contributed by atoms with Gasteiger partial charge in [-0.25, -0.2) is 4.79 Å². The van der Waals surface area contributed by atoms with Gasteiger partial charge in [-0.3, -0.25) is 0 Å². The summed E-state index contributed by atoms with van der Waals surface area (Å²) in [6.07, 6.45) is -1.56. The van der Waals surface area contributed by atoms with Crippen LogP contribution in [0.5, 0.6) is 5.75 Å². The number of hydrogen-bond acceptors (Lipinski definition) is 5. The zero-order chi connectivity index (χ0) is 15.3. The van der Waals surface area contributed by atoms with Crippen LogP contribution in [0.15, 0.2) is 18.2 Å². The van der Waals surface area contributed by atoms with E-state index in [1.807, 2.05) is 0 Å². The molecule has 0 aliphatic heterocycles. The summed E-state index contributed by atoms with van der Waals surface area (Å²) in [7, 11) is 0. The number of aliphatic hydroxyl groups is 2. The summed E-state index contributed by atoms with van der Waals surface area (Å²) in [5.74, 6) is -0.0384. The summed E-state index contributed by atoms with van der Waals surface area (Å²) < 4.78 is 5.05. The van der Waals surface area contributed by atoms with Crippen LogP contribution < -0.4 is 5.32 Å². The Bertz CT molecular complexity index is 467. The van der Waals surface area contributed by atoms with Crippen LogP contribution in [0.3, 0.4) is 0 Å². The van der Waals surface area contributed by atoms with Gasteiger partial charge in [-0.05, 0) is 38.5 Å². The van der Waals surface area contributed by atoms with Gasteiger partial charge in [0, 0.05) is 5.56 Å². The third-order valence-electron chi connectivity index (χ3n) is 2.50. The lowest BCUT2D eigenvalue weighted by Crippen LogP contribution is -2.34. The standard InChI is InChI=1S/C14H21NO5/c1-14(2,3)20-13(19)15-7-12(18)9-4-5-11(17)10(6-9)8-16/h4-6,12,16-18H,7-8H2,1-3H3,(H,15,19). The molecule has 0 bridgehead atoms. The first-order valence-electron chi connectivity index (χ1n) is 6.30. The van der Waals surface area contributed by atoms with E-state index in [1.165, 1.54) is 18.2 Å². The quantitative estimate of drug-likeness (QED) is 0.670. The Balaban J connectivity index is 2.59. The first-order chi connectivity index (χ1) is 9.23. The SMILES string of the molecule is CC(C)(C)OC(=O)NCC(O)c1ccc(O)c(CO)c1. The Kier molecular flexibility index (Phi) is 5.35. The molecule has 1 aromatic carbocycles. The molecule has 6 nitrogen and oxygen atoms in total. The fourth-order valence-corrected chi connectivity index (χ4v) is 1.55. The second kappa shape index (κ2) is 6.58. The van der Waals surface area contributed by atoms with E-state index in [1.54, 1.807) is 20.8 Å². The molecule has 6 heteroatoms. The van der Waals surface area contributed by atoms with Gasteiger partial charge in [-0.15, -0.1) is 0 Å². The van der Waals surface area contributed by atoms with E-state index in [-0.39, 0.29) is 18.9 Å². The second-order valence-corrected chi connectivity index (χ2v) is 5.44. The molecule has 1 unspecified atom stereocenters. The van der Waals surface area contributed by atoms with E-state index >= 15 is 0 Å². The van der Waals surface area contributed by atoms with Crippen LogP contribution in [0, 0.1) is 0 Å². The maximum absolute atomic E-state index is 11.4. The van der Waals surface area contributed by atoms with Gasteiger partial charge >= 0.3 is 6.09 Å². The number of hydrogen-bond donors (Lipinski definition) is 4. The van der Waals surface area contributed by atoms with Crippen LogP contribution in [0.1, 0.15) is 38.0 Å². The zero-order valence-corrected chi connectivity index (χ0v) is 11.9. The lowest BCUT2D eigenvalue weighted by molar-refractivity contribution is 0.0491. The maximum Gasteiger partial charge on any atom is 0.407 e. The predicted octanol–water partition coefficient (Wildman–Crippen LogP) is 1.44. The van der Waals surface area contributed by atoms with Crippen molar-refractivity contribution in [2.24, 2.45) is 0 Å². The largest absolute Gasteiger partial charge is 0.508 e. The monoisotopic (exact) mass is 283 g/mol. The van der Waals surface area contributed by atoms with E-state index in [9.17, 15) is 15.0 Å². The fraction of sp³-hybridized carbons (Fsp3) is 0.500. The fourth-order valence-electron chi connectivity index (χ4n) is 1.55. The summed E-state index contributed by atoms with van der Waals surface area (Å²) in [6.45, 7) is 4.89. The van der Waals surface area contributed by atoms with Crippen LogP contribution in [0.25, 0.3) is 0 Å². The molecule has 1 atom stereocenters. The van der Waals surface area contributed by atoms with Crippen molar-refractivity contribution in [3.63, 3.8) is 0 Å². The highest BCUT2D eigenvalue weighted by Gasteiger charge is 2.17. The third kappa shape index (κ3) is 5.07. The average Bonchev–Trinajstić information content (AvgIpc) is 2.34. The molecule has 20 heavy (non-hydrogen) atoms. The van der Waals surface area contributed by atoms with Crippen molar-refractivity contribution < 1.29 is 24.9 Å². The van der Waals surface area contributed by atoms with Crippen LogP contribution in [-0.2, 0) is 11.3 Å². The minimum absolute atomic E-state index is 0.0233. The molecule has 0 saturated carbocycles. The topological polar surface area (TPSA) is 99.0 Å². The minimum Gasteiger partial charge on any atom is -0.508 e. The van der Waals surface area contributed by atoms with Crippen molar-refractivity contribution >= 4 is 6.09 Å². The summed E-state index contributed by atoms with van der Waals surface area (Å²) in [5.41, 5.74) is 0.208. The number of benzene rings is 1. The van der Waals surface area contributed by atoms with Crippen molar-refractivity contribution in [3.05, 3.63) is 29.3 Å². The van der Waals surface area contributed by atoms with E-state index in [4.69, 9.17) is 9.84 Å². The van der Waals surface area contributed by atoms with Crippen molar-refractivity contribution in [3.8, 4) is 5.75 Å². The number of rotatable bonds is 4. The van der Waals surface area contributed by atoms with Crippen LogP contribution in [-0.4, -0.2) is 33.6 Å². The molecule has 1 amide bonds. The summed E-state index contributed by atoms with van der Waals surface area (Å²) in [6, 6.07) is 4.39. The highest BCUT2D eigenvalue weighted by molar-refractivity contribution is 5.67.